The molecule has 38 heavy (non-hydrogen) atoms. The van der Waals surface area contributed by atoms with Crippen molar-refractivity contribution in [3.63, 3.8) is 0 Å². The maximum Gasteiger partial charge on any atom is 0.419 e. The Morgan fingerprint density at radius 1 is 1.34 bits per heavy atom. The van der Waals surface area contributed by atoms with Crippen molar-refractivity contribution >= 4 is 28.1 Å². The molecule has 0 aromatic rings. The Hall–Kier alpha value is -0.600. The minimum Gasteiger partial charge on any atom is -0.393 e. The lowest BCUT2D eigenvalue weighted by molar-refractivity contribution is -0.200. The second-order valence-corrected chi connectivity index (χ2v) is 15.6. The summed E-state index contributed by atoms with van der Waals surface area (Å²) >= 11 is 0. The number of aliphatic hydroxyl groups is 1. The summed E-state index contributed by atoms with van der Waals surface area (Å²) in [4.78, 5) is 36.8. The van der Waals surface area contributed by atoms with Gasteiger partial charge in [-0.15, -0.1) is 0 Å². The van der Waals surface area contributed by atoms with Gasteiger partial charge in [0.1, 0.15) is 15.5 Å². The van der Waals surface area contributed by atoms with Gasteiger partial charge in [0.2, 0.25) is 0 Å². The maximum atomic E-state index is 14.1. The third-order valence-corrected chi connectivity index (χ3v) is 11.9. The van der Waals surface area contributed by atoms with Crippen molar-refractivity contribution in [3.05, 3.63) is 23.8 Å². The van der Waals surface area contributed by atoms with Crippen LogP contribution in [0.15, 0.2) is 23.8 Å². The molecule has 9 nitrogen and oxygen atoms in total. The molecule has 4 aliphatic carbocycles. The number of ketones is 2. The summed E-state index contributed by atoms with van der Waals surface area (Å²) < 4.78 is 24.0. The third kappa shape index (κ3) is 4.42. The average molecular weight is 571 g/mol. The van der Waals surface area contributed by atoms with Crippen LogP contribution in [0.5, 0.6) is 0 Å². The van der Waals surface area contributed by atoms with Gasteiger partial charge in [0.05, 0.1) is 12.2 Å². The summed E-state index contributed by atoms with van der Waals surface area (Å²) in [5.74, 6) is -0.140. The zero-order valence-electron chi connectivity index (χ0n) is 22.5. The van der Waals surface area contributed by atoms with Crippen LogP contribution in [0.4, 0.5) is 0 Å². The quantitative estimate of drug-likeness (QED) is 0.357. The molecule has 0 aromatic heterocycles. The second-order valence-electron chi connectivity index (χ2n) is 12.0. The van der Waals surface area contributed by atoms with E-state index in [-0.39, 0.29) is 49.1 Å². The fourth-order valence-corrected chi connectivity index (χ4v) is 9.77. The first-order valence-electron chi connectivity index (χ1n) is 13.8. The number of ether oxygens (including phenoxy) is 2. The highest BCUT2D eigenvalue weighted by Gasteiger charge is 2.76. The van der Waals surface area contributed by atoms with Crippen molar-refractivity contribution in [2.45, 2.75) is 83.4 Å². The molecule has 4 N–H and O–H groups in total. The van der Waals surface area contributed by atoms with E-state index in [0.717, 1.165) is 24.8 Å². The molecule has 0 amide bonds. The normalized spacial score (nSPS) is 45.0. The molecule has 4 fully saturated rings. The molecule has 0 bridgehead atoms. The third-order valence-electron chi connectivity index (χ3n) is 10.0. The van der Waals surface area contributed by atoms with Crippen LogP contribution in [0.1, 0.15) is 59.3 Å². The van der Waals surface area contributed by atoms with E-state index in [4.69, 9.17) is 24.3 Å². The van der Waals surface area contributed by atoms with Crippen molar-refractivity contribution in [1.29, 1.82) is 0 Å². The zero-order valence-corrected chi connectivity index (χ0v) is 24.6. The Bertz CT molecular complexity index is 1030. The monoisotopic (exact) mass is 570 g/mol. The number of Topliss-reactive ketones (excluding diaryl/α,β-unsaturated/α-hetero) is 1. The Kier molecular flexibility index (Phi) is 7.87. The molecule has 0 spiro atoms. The number of hydrogen-bond acceptors (Lipinski definition) is 9. The molecule has 1 heterocycles. The van der Waals surface area contributed by atoms with Crippen LogP contribution in [-0.4, -0.2) is 65.4 Å². The highest BCUT2D eigenvalue weighted by Crippen LogP contribution is 2.70. The van der Waals surface area contributed by atoms with E-state index in [0.29, 0.717) is 19.3 Å². The lowest BCUT2D eigenvalue weighted by Gasteiger charge is -2.59. The number of hydrogen-bond donors (Lipinski definition) is 3. The fourth-order valence-electron chi connectivity index (χ4n) is 8.48. The fraction of sp³-hybridized carbons (Fsp3) is 0.778. The molecule has 11 heteroatoms. The van der Waals surface area contributed by atoms with Gasteiger partial charge in [-0.3, -0.25) is 9.59 Å². The largest absolute Gasteiger partial charge is 0.419 e. The summed E-state index contributed by atoms with van der Waals surface area (Å²) in [7, 11) is -1.15. The van der Waals surface area contributed by atoms with Gasteiger partial charge in [-0.1, -0.05) is 38.8 Å². The van der Waals surface area contributed by atoms with E-state index in [1.807, 2.05) is 13.0 Å². The second kappa shape index (κ2) is 10.3. The molecule has 11 atom stereocenters. The van der Waals surface area contributed by atoms with E-state index in [1.165, 1.54) is 0 Å². The van der Waals surface area contributed by atoms with Crippen LogP contribution in [-0.2, 0) is 28.1 Å². The van der Waals surface area contributed by atoms with Crippen LogP contribution in [0, 0.1) is 28.6 Å². The molecule has 5 rings (SSSR count). The topological polar surface area (TPSA) is 138 Å². The minimum atomic E-state index is -3.32. The predicted octanol–water partition coefficient (Wildman–Crippen LogP) is 3.26. The molecular formula is C27H42NO8P2+. The van der Waals surface area contributed by atoms with Gasteiger partial charge < -0.3 is 20.3 Å². The van der Waals surface area contributed by atoms with Gasteiger partial charge in [0.15, 0.2) is 30.1 Å². The Morgan fingerprint density at radius 2 is 2.11 bits per heavy atom. The maximum absolute atomic E-state index is 14.1. The van der Waals surface area contributed by atoms with E-state index in [1.54, 1.807) is 12.2 Å². The summed E-state index contributed by atoms with van der Waals surface area (Å²) in [5, 5.41) is 11.8. The summed E-state index contributed by atoms with van der Waals surface area (Å²) in [6.07, 6.45) is 7.82. The smallest absolute Gasteiger partial charge is 0.393 e. The van der Waals surface area contributed by atoms with Crippen molar-refractivity contribution in [2.75, 3.05) is 19.8 Å². The lowest BCUT2D eigenvalue weighted by Crippen LogP contribution is -2.63. The van der Waals surface area contributed by atoms with Crippen LogP contribution < -0.4 is 5.73 Å². The van der Waals surface area contributed by atoms with Crippen LogP contribution in [0.3, 0.4) is 0 Å². The molecule has 0 radical (unpaired) electrons. The summed E-state index contributed by atoms with van der Waals surface area (Å²) in [6, 6.07) is 0. The molecule has 1 aliphatic heterocycles. The summed E-state index contributed by atoms with van der Waals surface area (Å²) in [5.41, 5.74) is 4.18. The number of rotatable bonds is 9. The molecule has 5 aliphatic rings. The van der Waals surface area contributed by atoms with Gasteiger partial charge >= 0.3 is 7.63 Å². The van der Waals surface area contributed by atoms with Crippen LogP contribution >= 0.6 is 16.6 Å². The standard InChI is InChI=1S/C27H42NO8P2/c1-4-5-23-35-22-13-19-18-7-6-16-12-17(29)8-9-25(16,2)24(18)20(30)14-26(19,3)27(22,36-23)21(31)15-34-38(32,37)33-11-10-28/h8-9,12,18-20,22-24,30,32H,4-7,10-11,13-15,28,37H2,1-3H3/q+1. The minimum absolute atomic E-state index is 0.00195. The first kappa shape index (κ1) is 28.9. The van der Waals surface area contributed by atoms with Crippen molar-refractivity contribution < 1.29 is 38.1 Å². The Balaban J connectivity index is 1.47. The first-order valence-corrected chi connectivity index (χ1v) is 17.0. The van der Waals surface area contributed by atoms with Gasteiger partial charge in [-0.05, 0) is 56.1 Å². The van der Waals surface area contributed by atoms with Gasteiger partial charge in [0.25, 0.3) is 0 Å². The van der Waals surface area contributed by atoms with Crippen molar-refractivity contribution in [3.8, 4) is 0 Å². The van der Waals surface area contributed by atoms with E-state index in [9.17, 15) is 19.6 Å². The number of allylic oxidation sites excluding steroid dienone is 4. The average Bonchev–Trinajstić information content (AvgIpc) is 3.34. The molecular weight excluding hydrogens is 528 g/mol. The Morgan fingerprint density at radius 3 is 2.82 bits per heavy atom. The van der Waals surface area contributed by atoms with E-state index >= 15 is 0 Å². The van der Waals surface area contributed by atoms with Crippen molar-refractivity contribution in [2.24, 2.45) is 34.3 Å². The highest BCUT2D eigenvalue weighted by molar-refractivity contribution is 8.16. The number of nitrogens with two attached hydrogens (primary N) is 1. The van der Waals surface area contributed by atoms with Crippen molar-refractivity contribution in [1.82, 2.24) is 0 Å². The summed E-state index contributed by atoms with van der Waals surface area (Å²) in [6.45, 7) is 6.17. The molecule has 0 aromatic carbocycles. The van der Waals surface area contributed by atoms with Crippen LogP contribution in [0.2, 0.25) is 0 Å². The van der Waals surface area contributed by atoms with Gasteiger partial charge in [-0.2, -0.15) is 13.9 Å². The predicted molar refractivity (Wildman–Crippen MR) is 146 cm³/mol. The van der Waals surface area contributed by atoms with E-state index < -0.39 is 42.6 Å². The lowest BCUT2D eigenvalue weighted by atomic mass is 9.46. The molecule has 1 saturated heterocycles. The molecule has 11 unspecified atom stereocenters. The van der Waals surface area contributed by atoms with Gasteiger partial charge in [0, 0.05) is 23.3 Å². The zero-order chi connectivity index (χ0) is 27.5. The van der Waals surface area contributed by atoms with Crippen LogP contribution in [0.25, 0.3) is 0 Å². The molecule has 3 saturated carbocycles. The number of carbonyl (C=O) groups excluding carboxylic acids is 2. The van der Waals surface area contributed by atoms with Gasteiger partial charge in [-0.25, -0.2) is 0 Å². The SMILES string of the molecule is CCCC1OC2CC3C4CCC5=CC(=O)C=CC5(C)C4C(O)CC3(C)C2(C(=O)CO[P+](O)(P)OCCN)O1. The molecule has 212 valence electrons. The van der Waals surface area contributed by atoms with E-state index in [2.05, 4.69) is 22.8 Å². The number of fused-ring (bicyclic) bond motifs is 7. The highest BCUT2D eigenvalue weighted by atomic mass is 32.1. The first-order chi connectivity index (χ1) is 17.9. The number of aliphatic hydroxyl groups excluding tert-OH is 1. The Labute approximate surface area is 227 Å². The number of carbonyl (C=O) groups is 2.